The number of hydrogen-bond acceptors (Lipinski definition) is 0. The van der Waals surface area contributed by atoms with E-state index in [0.717, 1.165) is 0 Å². The molecule has 0 amide bonds. The minimum absolute atomic E-state index is 2.35. The van der Waals surface area contributed by atoms with Crippen molar-refractivity contribution in [3.05, 3.63) is 24.6 Å². The zero-order chi connectivity index (χ0) is 10.2. The van der Waals surface area contributed by atoms with E-state index < -0.39 is 23.5 Å². The summed E-state index contributed by atoms with van der Waals surface area (Å²) in [5, 5.41) is 0. The van der Waals surface area contributed by atoms with Crippen molar-refractivity contribution in [2.45, 2.75) is 12.1 Å². The Morgan fingerprint density at radius 2 is 1.33 bits per heavy atom. The molecule has 0 atom stereocenters. The van der Waals surface area contributed by atoms with Gasteiger partial charge in [0.1, 0.15) is 5.57 Å². The molecule has 0 nitrogen and oxygen atoms in total. The quantitative estimate of drug-likeness (QED) is 0.406. The molecule has 0 heterocycles. The summed E-state index contributed by atoms with van der Waals surface area (Å²) < 4.78 is 68.1. The average Bonchev–Trinajstić information content (AvgIpc) is 2.36. The van der Waals surface area contributed by atoms with Crippen molar-refractivity contribution >= 4 is 0 Å². The standard InChI is InChI=1S/C4F6.C2H4/c5-2-1(3(2,6)7)4(8,9)10;1-2/h;1-2H2. The highest BCUT2D eigenvalue weighted by Gasteiger charge is 2.69. The zero-order valence-corrected chi connectivity index (χ0v) is 5.68. The lowest BCUT2D eigenvalue weighted by atomic mass is 10.4. The maximum atomic E-state index is 11.5. The Bertz CT molecular complexity index is 211. The average molecular weight is 190 g/mol. The van der Waals surface area contributed by atoms with Crippen molar-refractivity contribution < 1.29 is 26.3 Å². The second-order valence-corrected chi connectivity index (χ2v) is 1.76. The minimum Gasteiger partial charge on any atom is -0.204 e. The lowest BCUT2D eigenvalue weighted by molar-refractivity contribution is -0.103. The maximum Gasteiger partial charge on any atom is 0.421 e. The van der Waals surface area contributed by atoms with Crippen LogP contribution in [-0.2, 0) is 0 Å². The molecule has 70 valence electrons. The Balaban J connectivity index is 0.000000561. The van der Waals surface area contributed by atoms with Gasteiger partial charge in [0.15, 0.2) is 5.83 Å². The molecule has 12 heavy (non-hydrogen) atoms. The lowest BCUT2D eigenvalue weighted by Gasteiger charge is -1.99. The van der Waals surface area contributed by atoms with Crippen LogP contribution in [-0.4, -0.2) is 12.1 Å². The first-order valence-corrected chi connectivity index (χ1v) is 2.63. The second-order valence-electron chi connectivity index (χ2n) is 1.76. The van der Waals surface area contributed by atoms with Gasteiger partial charge in [0.25, 0.3) is 0 Å². The van der Waals surface area contributed by atoms with E-state index in [1.807, 2.05) is 0 Å². The summed E-state index contributed by atoms with van der Waals surface area (Å²) in [4.78, 5) is 0. The molecule has 0 aromatic carbocycles. The van der Waals surface area contributed by atoms with Crippen LogP contribution in [0.15, 0.2) is 24.6 Å². The van der Waals surface area contributed by atoms with Crippen molar-refractivity contribution in [1.29, 1.82) is 0 Å². The van der Waals surface area contributed by atoms with Gasteiger partial charge in [-0.1, -0.05) is 0 Å². The molecule has 0 N–H and O–H groups in total. The predicted molar refractivity (Wildman–Crippen MR) is 30.4 cm³/mol. The summed E-state index contributed by atoms with van der Waals surface area (Å²) in [5.74, 6) is -6.71. The SMILES string of the molecule is C=C.FC1=C(C(F)(F)F)C1(F)F. The van der Waals surface area contributed by atoms with E-state index in [9.17, 15) is 26.3 Å². The summed E-state index contributed by atoms with van der Waals surface area (Å²) in [7, 11) is 0. The molecule has 0 saturated carbocycles. The summed E-state index contributed by atoms with van der Waals surface area (Å²) >= 11 is 0. The molecule has 1 aliphatic carbocycles. The van der Waals surface area contributed by atoms with Crippen molar-refractivity contribution in [3.8, 4) is 0 Å². The van der Waals surface area contributed by atoms with E-state index in [1.54, 1.807) is 0 Å². The Hall–Kier alpha value is -0.940. The summed E-state index contributed by atoms with van der Waals surface area (Å²) in [6.45, 7) is 6.00. The van der Waals surface area contributed by atoms with Gasteiger partial charge in [-0.05, 0) is 0 Å². The molecule has 0 saturated heterocycles. The first-order chi connectivity index (χ1) is 5.28. The highest BCUT2D eigenvalue weighted by atomic mass is 19.4. The third-order valence-corrected chi connectivity index (χ3v) is 1.03. The topological polar surface area (TPSA) is 0 Å². The van der Waals surface area contributed by atoms with Gasteiger partial charge in [-0.2, -0.15) is 22.0 Å². The van der Waals surface area contributed by atoms with Gasteiger partial charge in [-0.25, -0.2) is 4.39 Å². The number of hydrogen-bond donors (Lipinski definition) is 0. The molecular weight excluding hydrogens is 186 g/mol. The second kappa shape index (κ2) is 2.84. The van der Waals surface area contributed by atoms with Crippen LogP contribution in [0.2, 0.25) is 0 Å². The van der Waals surface area contributed by atoms with E-state index in [2.05, 4.69) is 13.2 Å². The van der Waals surface area contributed by atoms with Crippen molar-refractivity contribution in [2.75, 3.05) is 0 Å². The fraction of sp³-hybridized carbons (Fsp3) is 0.333. The van der Waals surface area contributed by atoms with Crippen LogP contribution in [0.25, 0.3) is 0 Å². The molecule has 0 fully saturated rings. The molecule has 6 heteroatoms. The van der Waals surface area contributed by atoms with Crippen LogP contribution in [0.5, 0.6) is 0 Å². The molecule has 0 aliphatic heterocycles. The number of halogens is 6. The molecule has 0 unspecified atom stereocenters. The molecule has 1 aliphatic rings. The Morgan fingerprint density at radius 3 is 1.33 bits per heavy atom. The van der Waals surface area contributed by atoms with Crippen LogP contribution in [0.1, 0.15) is 0 Å². The lowest BCUT2D eigenvalue weighted by Crippen LogP contribution is -2.12. The molecule has 1 rings (SSSR count). The van der Waals surface area contributed by atoms with Gasteiger partial charge in [0.2, 0.25) is 0 Å². The van der Waals surface area contributed by atoms with Gasteiger partial charge in [0.05, 0.1) is 0 Å². The summed E-state index contributed by atoms with van der Waals surface area (Å²) in [6, 6.07) is 0. The van der Waals surface area contributed by atoms with Gasteiger partial charge in [-0.3, -0.25) is 0 Å². The molecular formula is C6H4F6. The number of rotatable bonds is 0. The van der Waals surface area contributed by atoms with E-state index in [-0.39, 0.29) is 0 Å². The highest BCUT2D eigenvalue weighted by molar-refractivity contribution is 5.47. The first kappa shape index (κ1) is 11.1. The van der Waals surface area contributed by atoms with E-state index in [1.165, 1.54) is 0 Å². The smallest absolute Gasteiger partial charge is 0.204 e. The van der Waals surface area contributed by atoms with Crippen LogP contribution in [0.3, 0.4) is 0 Å². The van der Waals surface area contributed by atoms with E-state index >= 15 is 0 Å². The number of allylic oxidation sites excluding steroid dienone is 2. The van der Waals surface area contributed by atoms with Gasteiger partial charge in [-0.15, -0.1) is 13.2 Å². The Morgan fingerprint density at radius 1 is 1.08 bits per heavy atom. The molecule has 0 aromatic rings. The van der Waals surface area contributed by atoms with Crippen molar-refractivity contribution in [1.82, 2.24) is 0 Å². The predicted octanol–water partition coefficient (Wildman–Crippen LogP) is 3.22. The maximum absolute atomic E-state index is 11.5. The normalized spacial score (nSPS) is 19.8. The van der Waals surface area contributed by atoms with E-state index in [0.29, 0.717) is 0 Å². The fourth-order valence-electron chi connectivity index (χ4n) is 0.511. The fourth-order valence-corrected chi connectivity index (χ4v) is 0.511. The first-order valence-electron chi connectivity index (χ1n) is 2.63. The van der Waals surface area contributed by atoms with Crippen LogP contribution < -0.4 is 0 Å². The number of alkyl halides is 5. The highest BCUT2D eigenvalue weighted by Crippen LogP contribution is 2.57. The molecule has 0 aromatic heterocycles. The van der Waals surface area contributed by atoms with Gasteiger partial charge in [0, 0.05) is 0 Å². The van der Waals surface area contributed by atoms with Crippen molar-refractivity contribution in [3.63, 3.8) is 0 Å². The van der Waals surface area contributed by atoms with Crippen LogP contribution in [0.4, 0.5) is 26.3 Å². The minimum atomic E-state index is -5.23. The third-order valence-electron chi connectivity index (χ3n) is 1.03. The third kappa shape index (κ3) is 1.62. The summed E-state index contributed by atoms with van der Waals surface area (Å²) in [6.07, 6.45) is -5.23. The van der Waals surface area contributed by atoms with E-state index in [4.69, 9.17) is 0 Å². The molecule has 0 radical (unpaired) electrons. The summed E-state index contributed by atoms with van der Waals surface area (Å²) in [5.41, 5.74) is -2.35. The van der Waals surface area contributed by atoms with Crippen molar-refractivity contribution in [2.24, 2.45) is 0 Å². The Kier molecular flexibility index (Phi) is 2.61. The molecule has 0 bridgehead atoms. The van der Waals surface area contributed by atoms with Crippen LogP contribution in [0, 0.1) is 0 Å². The van der Waals surface area contributed by atoms with Gasteiger partial charge < -0.3 is 0 Å². The van der Waals surface area contributed by atoms with Gasteiger partial charge >= 0.3 is 12.1 Å². The van der Waals surface area contributed by atoms with Crippen LogP contribution >= 0.6 is 0 Å². The molecule has 0 spiro atoms. The largest absolute Gasteiger partial charge is 0.421 e. The monoisotopic (exact) mass is 190 g/mol. The Labute approximate surface area is 64.2 Å². The zero-order valence-electron chi connectivity index (χ0n) is 5.68.